The first-order valence-corrected chi connectivity index (χ1v) is 7.51. The predicted molar refractivity (Wildman–Crippen MR) is 76.9 cm³/mol. The summed E-state index contributed by atoms with van der Waals surface area (Å²) in [6.45, 7) is 1.64. The van der Waals surface area contributed by atoms with Crippen molar-refractivity contribution in [1.82, 2.24) is 0 Å². The molecule has 0 bridgehead atoms. The van der Waals surface area contributed by atoms with Crippen LogP contribution >= 0.6 is 11.3 Å². The fraction of sp³-hybridized carbons (Fsp3) is 0.692. The maximum absolute atomic E-state index is 11.1. The van der Waals surface area contributed by atoms with Gasteiger partial charge in [-0.1, -0.05) is 19.3 Å². The summed E-state index contributed by atoms with van der Waals surface area (Å²) in [6, 6.07) is 1.89. The third-order valence-electron chi connectivity index (χ3n) is 3.76. The third kappa shape index (κ3) is 3.06. The molecule has 1 N–H and O–H groups in total. The lowest BCUT2D eigenvalue weighted by Gasteiger charge is -2.31. The summed E-state index contributed by atoms with van der Waals surface area (Å²) in [5.41, 5.74) is 0.119. The lowest BCUT2D eigenvalue weighted by atomic mass is 9.94. The van der Waals surface area contributed by atoms with Crippen molar-refractivity contribution in [3.05, 3.63) is 21.1 Å². The highest BCUT2D eigenvalue weighted by Crippen LogP contribution is 2.41. The normalized spacial score (nSPS) is 18.3. The molecule has 1 saturated carbocycles. The Labute approximate surface area is 117 Å². The number of nitrogens with zero attached hydrogens (tertiary/aromatic N) is 2. The average Bonchev–Trinajstić information content (AvgIpc) is 2.84. The van der Waals surface area contributed by atoms with Crippen LogP contribution in [0.2, 0.25) is 0 Å². The van der Waals surface area contributed by atoms with Crippen LogP contribution in [0.1, 0.15) is 50.0 Å². The molecule has 106 valence electrons. The first-order chi connectivity index (χ1) is 9.00. The van der Waals surface area contributed by atoms with Crippen molar-refractivity contribution < 1.29 is 10.0 Å². The molecule has 0 aliphatic heterocycles. The van der Waals surface area contributed by atoms with E-state index in [9.17, 15) is 15.2 Å². The number of aliphatic hydroxyl groups is 1. The summed E-state index contributed by atoms with van der Waals surface area (Å²) in [5, 5.41) is 21.4. The molecule has 1 heterocycles. The number of hydrogen-bond acceptors (Lipinski definition) is 5. The first-order valence-electron chi connectivity index (χ1n) is 6.69. The van der Waals surface area contributed by atoms with Gasteiger partial charge in [0.2, 0.25) is 0 Å². The van der Waals surface area contributed by atoms with Crippen molar-refractivity contribution >= 4 is 22.0 Å². The van der Waals surface area contributed by atoms with E-state index in [1.165, 1.54) is 36.7 Å². The number of thiophene rings is 1. The zero-order chi connectivity index (χ0) is 14.0. The van der Waals surface area contributed by atoms with Crippen molar-refractivity contribution in [2.45, 2.75) is 51.2 Å². The largest absolute Gasteiger partial charge is 0.388 e. The highest BCUT2D eigenvalue weighted by molar-refractivity contribution is 7.16. The van der Waals surface area contributed by atoms with E-state index in [0.717, 1.165) is 12.8 Å². The Morgan fingerprint density at radius 2 is 2.11 bits per heavy atom. The predicted octanol–water partition coefficient (Wildman–Crippen LogP) is 3.48. The molecule has 2 rings (SSSR count). The van der Waals surface area contributed by atoms with Crippen molar-refractivity contribution in [2.24, 2.45) is 0 Å². The second kappa shape index (κ2) is 5.88. The smallest absolute Gasteiger partial charge is 0.304 e. The lowest BCUT2D eigenvalue weighted by molar-refractivity contribution is -0.383. The van der Waals surface area contributed by atoms with Crippen molar-refractivity contribution in [1.29, 1.82) is 0 Å². The van der Waals surface area contributed by atoms with Gasteiger partial charge >= 0.3 is 5.69 Å². The minimum Gasteiger partial charge on any atom is -0.388 e. The van der Waals surface area contributed by atoms with Gasteiger partial charge in [-0.2, -0.15) is 0 Å². The van der Waals surface area contributed by atoms with Crippen molar-refractivity contribution in [3.8, 4) is 0 Å². The molecule has 1 aliphatic rings. The van der Waals surface area contributed by atoms with Crippen molar-refractivity contribution in [2.75, 3.05) is 11.9 Å². The lowest BCUT2D eigenvalue weighted by Crippen LogP contribution is -2.33. The molecule has 1 atom stereocenters. The van der Waals surface area contributed by atoms with E-state index >= 15 is 0 Å². The topological polar surface area (TPSA) is 66.6 Å². The van der Waals surface area contributed by atoms with Gasteiger partial charge in [0.15, 0.2) is 5.00 Å². The summed E-state index contributed by atoms with van der Waals surface area (Å²) in [5.74, 6) is 0. The van der Waals surface area contributed by atoms with Gasteiger partial charge in [0.1, 0.15) is 0 Å². The fourth-order valence-electron chi connectivity index (χ4n) is 2.61. The summed E-state index contributed by atoms with van der Waals surface area (Å²) < 4.78 is 0. The summed E-state index contributed by atoms with van der Waals surface area (Å²) in [4.78, 5) is 13.5. The van der Waals surface area contributed by atoms with Crippen LogP contribution in [0.5, 0.6) is 0 Å². The zero-order valence-corrected chi connectivity index (χ0v) is 12.2. The molecule has 19 heavy (non-hydrogen) atoms. The average molecular weight is 284 g/mol. The molecule has 1 fully saturated rings. The van der Waals surface area contributed by atoms with Crippen LogP contribution in [0.25, 0.3) is 0 Å². The monoisotopic (exact) mass is 284 g/mol. The van der Waals surface area contributed by atoms with Crippen LogP contribution in [0.4, 0.5) is 10.7 Å². The molecule has 0 spiro atoms. The van der Waals surface area contributed by atoms with E-state index < -0.39 is 6.10 Å². The molecular formula is C13H20N2O3S. The summed E-state index contributed by atoms with van der Waals surface area (Å²) in [6.07, 6.45) is 5.17. The Morgan fingerprint density at radius 1 is 1.47 bits per heavy atom. The maximum atomic E-state index is 11.1. The molecule has 0 radical (unpaired) electrons. The van der Waals surface area contributed by atoms with Crippen LogP contribution in [0.3, 0.4) is 0 Å². The van der Waals surface area contributed by atoms with Gasteiger partial charge in [-0.3, -0.25) is 10.1 Å². The number of nitro groups is 1. The number of rotatable bonds is 4. The number of hydrogen-bond donors (Lipinski definition) is 1. The van der Waals surface area contributed by atoms with E-state index in [2.05, 4.69) is 0 Å². The first kappa shape index (κ1) is 14.3. The Morgan fingerprint density at radius 3 is 2.63 bits per heavy atom. The molecular weight excluding hydrogens is 264 g/mol. The van der Waals surface area contributed by atoms with Gasteiger partial charge in [-0.15, -0.1) is 11.3 Å². The quantitative estimate of drug-likeness (QED) is 0.679. The van der Waals surface area contributed by atoms with Crippen molar-refractivity contribution in [3.63, 3.8) is 0 Å². The summed E-state index contributed by atoms with van der Waals surface area (Å²) in [7, 11) is 1.93. The molecule has 0 saturated heterocycles. The van der Waals surface area contributed by atoms with Gasteiger partial charge in [0.05, 0.1) is 11.0 Å². The molecule has 1 aromatic heterocycles. The molecule has 0 amide bonds. The van der Waals surface area contributed by atoms with E-state index in [1.54, 1.807) is 6.92 Å². The number of aliphatic hydroxyl groups excluding tert-OH is 1. The highest BCUT2D eigenvalue weighted by Gasteiger charge is 2.28. The molecule has 5 nitrogen and oxygen atoms in total. The SMILES string of the molecule is C[C@@H](O)c1cc([N+](=O)[O-])c(N(C)C2CCCCC2)s1. The molecule has 6 heteroatoms. The fourth-order valence-corrected chi connectivity index (χ4v) is 3.71. The van der Waals surface area contributed by atoms with Crippen LogP contribution < -0.4 is 4.90 Å². The van der Waals surface area contributed by atoms with Crippen LogP contribution in [-0.4, -0.2) is 23.1 Å². The van der Waals surface area contributed by atoms with Gasteiger partial charge in [-0.25, -0.2) is 0 Å². The molecule has 1 aliphatic carbocycles. The molecule has 0 aromatic carbocycles. The van der Waals surface area contributed by atoms with E-state index in [0.29, 0.717) is 15.9 Å². The Kier molecular flexibility index (Phi) is 4.42. The summed E-state index contributed by atoms with van der Waals surface area (Å²) >= 11 is 1.33. The minimum atomic E-state index is -0.655. The zero-order valence-electron chi connectivity index (χ0n) is 11.3. The third-order valence-corrected chi connectivity index (χ3v) is 5.15. The Balaban J connectivity index is 2.28. The molecule has 1 aromatic rings. The Hall–Kier alpha value is -1.14. The highest BCUT2D eigenvalue weighted by atomic mass is 32.1. The van der Waals surface area contributed by atoms with Gasteiger partial charge in [0.25, 0.3) is 0 Å². The van der Waals surface area contributed by atoms with Crippen LogP contribution in [0.15, 0.2) is 6.07 Å². The van der Waals surface area contributed by atoms with Gasteiger partial charge in [0, 0.05) is 24.0 Å². The minimum absolute atomic E-state index is 0.119. The van der Waals surface area contributed by atoms with Gasteiger partial charge < -0.3 is 10.0 Å². The second-order valence-electron chi connectivity index (χ2n) is 5.17. The maximum Gasteiger partial charge on any atom is 0.304 e. The van der Waals surface area contributed by atoms with Gasteiger partial charge in [-0.05, 0) is 19.8 Å². The molecule has 0 unspecified atom stereocenters. The second-order valence-corrected chi connectivity index (χ2v) is 6.24. The van der Waals surface area contributed by atoms with Crippen LogP contribution in [-0.2, 0) is 0 Å². The van der Waals surface area contributed by atoms with E-state index in [-0.39, 0.29) is 10.6 Å². The standard InChI is InChI=1S/C13H20N2O3S/c1-9(16)12-8-11(15(17)18)13(19-12)14(2)10-6-4-3-5-7-10/h8-10,16H,3-7H2,1-2H3/t9-/m1/s1. The number of anilines is 1. The van der Waals surface area contributed by atoms with E-state index in [4.69, 9.17) is 0 Å². The van der Waals surface area contributed by atoms with Crippen LogP contribution in [0, 0.1) is 10.1 Å². The van der Waals surface area contributed by atoms with E-state index in [1.807, 2.05) is 11.9 Å². The Bertz CT molecular complexity index is 453.